The second-order valence-corrected chi connectivity index (χ2v) is 3.43. The summed E-state index contributed by atoms with van der Waals surface area (Å²) in [6.45, 7) is 2.46. The minimum Gasteiger partial charge on any atom is -0.394 e. The molecule has 0 radical (unpaired) electrons. The molecule has 1 N–H and O–H groups in total. The van der Waals surface area contributed by atoms with Gasteiger partial charge in [-0.05, 0) is 0 Å². The van der Waals surface area contributed by atoms with Crippen molar-refractivity contribution in [2.24, 2.45) is 5.92 Å². The number of benzene rings is 1. The Kier molecular flexibility index (Phi) is 5.01. The van der Waals surface area contributed by atoms with Crippen molar-refractivity contribution in [2.75, 3.05) is 19.8 Å². The highest BCUT2D eigenvalue weighted by Crippen LogP contribution is 2.08. The van der Waals surface area contributed by atoms with Gasteiger partial charge in [0.1, 0.15) is 0 Å². The number of Topliss-reactive ketones (excluding diaryl/α,β-unsaturated/α-hetero) is 1. The molecule has 0 aliphatic rings. The monoisotopic (exact) mass is 208 g/mol. The van der Waals surface area contributed by atoms with Gasteiger partial charge in [-0.1, -0.05) is 37.3 Å². The van der Waals surface area contributed by atoms with Crippen LogP contribution in [0.25, 0.3) is 0 Å². The maximum Gasteiger partial charge on any atom is 0.167 e. The third-order valence-electron chi connectivity index (χ3n) is 2.11. The lowest BCUT2D eigenvalue weighted by Gasteiger charge is -2.10. The Morgan fingerprint density at radius 2 is 2.07 bits per heavy atom. The second kappa shape index (κ2) is 6.32. The molecule has 0 aliphatic heterocycles. The quantitative estimate of drug-likeness (QED) is 0.569. The van der Waals surface area contributed by atoms with Gasteiger partial charge in [-0.2, -0.15) is 0 Å². The maximum atomic E-state index is 11.8. The first kappa shape index (κ1) is 11.9. The van der Waals surface area contributed by atoms with Gasteiger partial charge in [0.05, 0.1) is 19.8 Å². The van der Waals surface area contributed by atoms with Crippen LogP contribution in [0.5, 0.6) is 0 Å². The average molecular weight is 208 g/mol. The predicted octanol–water partition coefficient (Wildman–Crippen LogP) is 1.51. The molecule has 15 heavy (non-hydrogen) atoms. The third kappa shape index (κ3) is 3.81. The van der Waals surface area contributed by atoms with Crippen molar-refractivity contribution in [1.29, 1.82) is 0 Å². The van der Waals surface area contributed by atoms with E-state index < -0.39 is 0 Å². The fourth-order valence-electron chi connectivity index (χ4n) is 1.29. The second-order valence-electron chi connectivity index (χ2n) is 3.43. The lowest BCUT2D eigenvalue weighted by molar-refractivity contribution is 0.0601. The minimum absolute atomic E-state index is 0.00769. The molecule has 0 fully saturated rings. The summed E-state index contributed by atoms with van der Waals surface area (Å²) in [7, 11) is 0. The van der Waals surface area contributed by atoms with Crippen LogP contribution in [0.4, 0.5) is 0 Å². The Morgan fingerprint density at radius 3 is 2.67 bits per heavy atom. The molecule has 1 aromatic carbocycles. The molecule has 0 heterocycles. The molecular formula is C12H16O3. The van der Waals surface area contributed by atoms with E-state index in [4.69, 9.17) is 9.84 Å². The molecule has 3 heteroatoms. The predicted molar refractivity (Wildman–Crippen MR) is 57.8 cm³/mol. The number of ketones is 1. The van der Waals surface area contributed by atoms with Gasteiger partial charge in [0.15, 0.2) is 5.78 Å². The lowest BCUT2D eigenvalue weighted by Crippen LogP contribution is -2.18. The van der Waals surface area contributed by atoms with E-state index in [0.29, 0.717) is 12.2 Å². The number of aliphatic hydroxyl groups excluding tert-OH is 1. The Morgan fingerprint density at radius 1 is 1.40 bits per heavy atom. The number of ether oxygens (including phenoxy) is 1. The van der Waals surface area contributed by atoms with Crippen molar-refractivity contribution in [1.82, 2.24) is 0 Å². The summed E-state index contributed by atoms with van der Waals surface area (Å²) >= 11 is 0. The Hall–Kier alpha value is -1.19. The Balaban J connectivity index is 2.46. The van der Waals surface area contributed by atoms with Gasteiger partial charge in [0, 0.05) is 11.5 Å². The van der Waals surface area contributed by atoms with E-state index in [9.17, 15) is 4.79 Å². The summed E-state index contributed by atoms with van der Waals surface area (Å²) in [5.41, 5.74) is 0.706. The van der Waals surface area contributed by atoms with Gasteiger partial charge >= 0.3 is 0 Å². The van der Waals surface area contributed by atoms with Crippen LogP contribution in [-0.2, 0) is 4.74 Å². The summed E-state index contributed by atoms with van der Waals surface area (Å²) in [6.07, 6.45) is 0. The summed E-state index contributed by atoms with van der Waals surface area (Å²) in [5.74, 6) is -0.0903. The first-order valence-corrected chi connectivity index (χ1v) is 5.03. The largest absolute Gasteiger partial charge is 0.394 e. The van der Waals surface area contributed by atoms with Gasteiger partial charge in [-0.3, -0.25) is 4.79 Å². The third-order valence-corrected chi connectivity index (χ3v) is 2.11. The zero-order chi connectivity index (χ0) is 11.1. The Bertz CT molecular complexity index is 295. The van der Waals surface area contributed by atoms with Crippen LogP contribution in [0.1, 0.15) is 17.3 Å². The molecule has 0 saturated heterocycles. The van der Waals surface area contributed by atoms with Gasteiger partial charge in [0.2, 0.25) is 0 Å². The topological polar surface area (TPSA) is 46.5 Å². The summed E-state index contributed by atoms with van der Waals surface area (Å²) in [6, 6.07) is 9.16. The van der Waals surface area contributed by atoms with Crippen molar-refractivity contribution in [2.45, 2.75) is 6.92 Å². The van der Waals surface area contributed by atoms with E-state index >= 15 is 0 Å². The molecule has 1 atom stereocenters. The van der Waals surface area contributed by atoms with Gasteiger partial charge in [-0.15, -0.1) is 0 Å². The van der Waals surface area contributed by atoms with E-state index in [1.165, 1.54) is 0 Å². The number of hydrogen-bond acceptors (Lipinski definition) is 3. The minimum atomic E-state index is -0.168. The first-order chi connectivity index (χ1) is 7.25. The van der Waals surface area contributed by atoms with Crippen LogP contribution in [0.3, 0.4) is 0 Å². The van der Waals surface area contributed by atoms with E-state index in [1.807, 2.05) is 25.1 Å². The summed E-state index contributed by atoms with van der Waals surface area (Å²) in [5, 5.41) is 8.52. The van der Waals surface area contributed by atoms with E-state index in [1.54, 1.807) is 12.1 Å². The molecule has 1 rings (SSSR count). The van der Waals surface area contributed by atoms with Crippen LogP contribution < -0.4 is 0 Å². The average Bonchev–Trinajstić information content (AvgIpc) is 2.29. The first-order valence-electron chi connectivity index (χ1n) is 5.03. The molecular weight excluding hydrogens is 192 g/mol. The number of rotatable bonds is 6. The van der Waals surface area contributed by atoms with Gasteiger partial charge in [0.25, 0.3) is 0 Å². The normalized spacial score (nSPS) is 12.4. The van der Waals surface area contributed by atoms with Crippen LogP contribution >= 0.6 is 0 Å². The molecule has 0 aliphatic carbocycles. The van der Waals surface area contributed by atoms with Crippen LogP contribution in [-0.4, -0.2) is 30.7 Å². The van der Waals surface area contributed by atoms with Crippen molar-refractivity contribution in [3.8, 4) is 0 Å². The molecule has 82 valence electrons. The number of aliphatic hydroxyl groups is 1. The molecule has 0 bridgehead atoms. The highest BCUT2D eigenvalue weighted by molar-refractivity contribution is 5.97. The molecule has 0 saturated carbocycles. The maximum absolute atomic E-state index is 11.8. The molecule has 0 aromatic heterocycles. The van der Waals surface area contributed by atoms with E-state index in [0.717, 1.165) is 0 Å². The van der Waals surface area contributed by atoms with Crippen LogP contribution in [0, 0.1) is 5.92 Å². The van der Waals surface area contributed by atoms with Gasteiger partial charge < -0.3 is 9.84 Å². The van der Waals surface area contributed by atoms with Crippen molar-refractivity contribution in [3.05, 3.63) is 35.9 Å². The van der Waals surface area contributed by atoms with E-state index in [2.05, 4.69) is 0 Å². The smallest absolute Gasteiger partial charge is 0.167 e. The zero-order valence-electron chi connectivity index (χ0n) is 8.85. The molecule has 0 spiro atoms. The number of carbonyl (C=O) groups is 1. The number of carbonyl (C=O) groups excluding carboxylic acids is 1. The Labute approximate surface area is 89.7 Å². The van der Waals surface area contributed by atoms with Crippen LogP contribution in [0.15, 0.2) is 30.3 Å². The molecule has 0 amide bonds. The van der Waals surface area contributed by atoms with Crippen molar-refractivity contribution < 1.29 is 14.6 Å². The fraction of sp³-hybridized carbons (Fsp3) is 0.417. The van der Waals surface area contributed by atoms with Crippen LogP contribution in [0.2, 0.25) is 0 Å². The van der Waals surface area contributed by atoms with E-state index in [-0.39, 0.29) is 24.9 Å². The molecule has 1 aromatic rings. The van der Waals surface area contributed by atoms with Crippen molar-refractivity contribution in [3.63, 3.8) is 0 Å². The lowest BCUT2D eigenvalue weighted by atomic mass is 10.0. The van der Waals surface area contributed by atoms with Gasteiger partial charge in [-0.25, -0.2) is 0 Å². The molecule has 1 unspecified atom stereocenters. The van der Waals surface area contributed by atoms with Crippen molar-refractivity contribution >= 4 is 5.78 Å². The number of hydrogen-bond donors (Lipinski definition) is 1. The standard InChI is InChI=1S/C12H16O3/c1-10(9-15-8-7-13)12(14)11-5-3-2-4-6-11/h2-6,10,13H,7-9H2,1H3. The highest BCUT2D eigenvalue weighted by atomic mass is 16.5. The SMILES string of the molecule is CC(COCCO)C(=O)c1ccccc1. The summed E-state index contributed by atoms with van der Waals surface area (Å²) < 4.78 is 5.12. The summed E-state index contributed by atoms with van der Waals surface area (Å²) in [4.78, 5) is 11.8. The molecule has 3 nitrogen and oxygen atoms in total. The zero-order valence-corrected chi connectivity index (χ0v) is 8.85. The fourth-order valence-corrected chi connectivity index (χ4v) is 1.29. The highest BCUT2D eigenvalue weighted by Gasteiger charge is 2.14.